The van der Waals surface area contributed by atoms with Gasteiger partial charge in [-0.25, -0.2) is 0 Å². The maximum Gasteiger partial charge on any atom is 0.319 e. The van der Waals surface area contributed by atoms with E-state index in [9.17, 15) is 14.7 Å². The Balaban J connectivity index is 1.67. The first-order valence-electron chi connectivity index (χ1n) is 6.64. The van der Waals surface area contributed by atoms with Gasteiger partial charge in [-0.2, -0.15) is 0 Å². The van der Waals surface area contributed by atoms with Crippen LogP contribution in [-0.2, 0) is 9.59 Å². The van der Waals surface area contributed by atoms with Gasteiger partial charge in [0, 0.05) is 13.1 Å². The number of carboxylic acid groups (broad SMARTS) is 1. The Kier molecular flexibility index (Phi) is 2.42. The Morgan fingerprint density at radius 3 is 1.82 bits per heavy atom. The van der Waals surface area contributed by atoms with Gasteiger partial charge in [0.1, 0.15) is 5.41 Å². The molecule has 3 saturated carbocycles. The van der Waals surface area contributed by atoms with Gasteiger partial charge in [0.2, 0.25) is 5.91 Å². The van der Waals surface area contributed by atoms with Gasteiger partial charge in [0.25, 0.3) is 0 Å². The summed E-state index contributed by atoms with van der Waals surface area (Å²) in [6.45, 7) is 1.59. The second kappa shape index (κ2) is 3.72. The molecule has 0 bridgehead atoms. The lowest BCUT2D eigenvalue weighted by Crippen LogP contribution is -2.43. The molecule has 3 fully saturated rings. The average molecular weight is 237 g/mol. The predicted molar refractivity (Wildman–Crippen MR) is 61.3 cm³/mol. The van der Waals surface area contributed by atoms with Gasteiger partial charge in [-0.05, 0) is 50.4 Å². The third kappa shape index (κ3) is 2.17. The first-order chi connectivity index (χ1) is 8.12. The van der Waals surface area contributed by atoms with E-state index in [0.717, 1.165) is 13.1 Å². The van der Waals surface area contributed by atoms with E-state index in [1.54, 1.807) is 0 Å². The van der Waals surface area contributed by atoms with Crippen LogP contribution in [0.2, 0.25) is 0 Å². The van der Waals surface area contributed by atoms with E-state index >= 15 is 0 Å². The molecular weight excluding hydrogens is 218 g/mol. The summed E-state index contributed by atoms with van der Waals surface area (Å²) in [6, 6.07) is 0. The van der Waals surface area contributed by atoms with Crippen molar-refractivity contribution in [2.24, 2.45) is 17.3 Å². The molecule has 0 saturated heterocycles. The third-order valence-electron chi connectivity index (χ3n) is 4.21. The SMILES string of the molecule is O=C(O)C1(C(=O)N(CC2CC2)CC2CC2)CC1. The zero-order chi connectivity index (χ0) is 12.0. The fourth-order valence-corrected chi connectivity index (χ4v) is 2.41. The Bertz CT molecular complexity index is 340. The molecule has 3 rings (SSSR count). The quantitative estimate of drug-likeness (QED) is 0.712. The lowest BCUT2D eigenvalue weighted by Gasteiger charge is -2.25. The van der Waals surface area contributed by atoms with Crippen LogP contribution >= 0.6 is 0 Å². The zero-order valence-corrected chi connectivity index (χ0v) is 10.0. The summed E-state index contributed by atoms with van der Waals surface area (Å²) in [4.78, 5) is 25.4. The number of hydrogen-bond acceptors (Lipinski definition) is 2. The first-order valence-corrected chi connectivity index (χ1v) is 6.64. The van der Waals surface area contributed by atoms with Crippen molar-refractivity contribution in [2.75, 3.05) is 13.1 Å². The molecule has 1 amide bonds. The molecule has 0 spiro atoms. The largest absolute Gasteiger partial charge is 0.480 e. The maximum atomic E-state index is 12.3. The molecule has 0 aliphatic heterocycles. The Morgan fingerprint density at radius 2 is 1.53 bits per heavy atom. The molecule has 4 heteroatoms. The number of amides is 1. The van der Waals surface area contributed by atoms with Crippen LogP contribution in [0.3, 0.4) is 0 Å². The summed E-state index contributed by atoms with van der Waals surface area (Å²) < 4.78 is 0. The van der Waals surface area contributed by atoms with Crippen molar-refractivity contribution in [1.82, 2.24) is 4.90 Å². The molecule has 0 atom stereocenters. The highest BCUT2D eigenvalue weighted by atomic mass is 16.4. The van der Waals surface area contributed by atoms with Crippen LogP contribution in [-0.4, -0.2) is 35.0 Å². The maximum absolute atomic E-state index is 12.3. The fourth-order valence-electron chi connectivity index (χ4n) is 2.41. The van der Waals surface area contributed by atoms with Crippen LogP contribution in [0.1, 0.15) is 38.5 Å². The lowest BCUT2D eigenvalue weighted by atomic mass is 10.1. The van der Waals surface area contributed by atoms with Gasteiger partial charge in [0.05, 0.1) is 0 Å². The summed E-state index contributed by atoms with van der Waals surface area (Å²) in [7, 11) is 0. The molecule has 0 heterocycles. The minimum Gasteiger partial charge on any atom is -0.480 e. The topological polar surface area (TPSA) is 57.6 Å². The van der Waals surface area contributed by atoms with E-state index in [1.165, 1.54) is 25.7 Å². The van der Waals surface area contributed by atoms with Crippen molar-refractivity contribution in [3.63, 3.8) is 0 Å². The van der Waals surface area contributed by atoms with Gasteiger partial charge < -0.3 is 10.0 Å². The summed E-state index contributed by atoms with van der Waals surface area (Å²) >= 11 is 0. The minimum absolute atomic E-state index is 0.108. The van der Waals surface area contributed by atoms with Crippen molar-refractivity contribution in [2.45, 2.75) is 38.5 Å². The van der Waals surface area contributed by atoms with Gasteiger partial charge in [-0.3, -0.25) is 9.59 Å². The van der Waals surface area contributed by atoms with Crippen LogP contribution in [0.25, 0.3) is 0 Å². The van der Waals surface area contributed by atoms with E-state index in [0.29, 0.717) is 24.7 Å². The molecule has 0 aromatic carbocycles. The van der Waals surface area contributed by atoms with Crippen molar-refractivity contribution in [3.05, 3.63) is 0 Å². The van der Waals surface area contributed by atoms with E-state index in [4.69, 9.17) is 0 Å². The lowest BCUT2D eigenvalue weighted by molar-refractivity contribution is -0.153. The second-order valence-electron chi connectivity index (χ2n) is 5.98. The van der Waals surface area contributed by atoms with Crippen LogP contribution in [0, 0.1) is 17.3 Å². The highest BCUT2D eigenvalue weighted by molar-refractivity contribution is 6.04. The number of hydrogen-bond donors (Lipinski definition) is 1. The minimum atomic E-state index is -1.04. The average Bonchev–Trinajstić information content (AvgIpc) is 3.12. The highest BCUT2D eigenvalue weighted by Crippen LogP contribution is 2.48. The van der Waals surface area contributed by atoms with Crippen molar-refractivity contribution < 1.29 is 14.7 Å². The standard InChI is InChI=1S/C13H19NO3/c15-11(13(5-6-13)12(16)17)14(7-9-1-2-9)8-10-3-4-10/h9-10H,1-8H2,(H,16,17). The van der Waals surface area contributed by atoms with Crippen LogP contribution in [0.4, 0.5) is 0 Å². The molecule has 0 aromatic heterocycles. The monoisotopic (exact) mass is 237 g/mol. The third-order valence-corrected chi connectivity index (χ3v) is 4.21. The normalized spacial score (nSPS) is 25.4. The zero-order valence-electron chi connectivity index (χ0n) is 10.0. The molecule has 1 N–H and O–H groups in total. The van der Waals surface area contributed by atoms with Crippen molar-refractivity contribution in [3.8, 4) is 0 Å². The first kappa shape index (κ1) is 11.1. The highest BCUT2D eigenvalue weighted by Gasteiger charge is 2.59. The van der Waals surface area contributed by atoms with E-state index in [1.807, 2.05) is 4.90 Å². The Labute approximate surface area is 101 Å². The smallest absolute Gasteiger partial charge is 0.319 e. The molecule has 0 aromatic rings. The Morgan fingerprint density at radius 1 is 1.06 bits per heavy atom. The predicted octanol–water partition coefficient (Wildman–Crippen LogP) is 1.50. The molecular formula is C13H19NO3. The molecule has 4 nitrogen and oxygen atoms in total. The van der Waals surface area contributed by atoms with Crippen molar-refractivity contribution >= 4 is 11.9 Å². The number of carboxylic acids is 1. The summed E-state index contributed by atoms with van der Waals surface area (Å²) in [5.74, 6) is 0.257. The van der Waals surface area contributed by atoms with E-state index in [-0.39, 0.29) is 5.91 Å². The number of rotatable bonds is 6. The Hall–Kier alpha value is -1.06. The summed E-state index contributed by atoms with van der Waals surface area (Å²) in [5, 5.41) is 9.18. The van der Waals surface area contributed by atoms with Crippen molar-refractivity contribution in [1.29, 1.82) is 0 Å². The number of carbonyl (C=O) groups is 2. The van der Waals surface area contributed by atoms with Crippen LogP contribution in [0.15, 0.2) is 0 Å². The number of aliphatic carboxylic acids is 1. The molecule has 0 radical (unpaired) electrons. The fraction of sp³-hybridized carbons (Fsp3) is 0.846. The summed E-state index contributed by atoms with van der Waals surface area (Å²) in [5.41, 5.74) is -1.04. The van der Waals surface area contributed by atoms with E-state index < -0.39 is 11.4 Å². The molecule has 0 unspecified atom stereocenters. The number of carbonyl (C=O) groups excluding carboxylic acids is 1. The molecule has 3 aliphatic rings. The van der Waals surface area contributed by atoms with Gasteiger partial charge in [-0.15, -0.1) is 0 Å². The van der Waals surface area contributed by atoms with Gasteiger partial charge in [-0.1, -0.05) is 0 Å². The molecule has 17 heavy (non-hydrogen) atoms. The van der Waals surface area contributed by atoms with Gasteiger partial charge in [0.15, 0.2) is 0 Å². The number of nitrogens with zero attached hydrogens (tertiary/aromatic N) is 1. The van der Waals surface area contributed by atoms with Gasteiger partial charge >= 0.3 is 5.97 Å². The molecule has 3 aliphatic carbocycles. The second-order valence-corrected chi connectivity index (χ2v) is 5.98. The van der Waals surface area contributed by atoms with E-state index in [2.05, 4.69) is 0 Å². The molecule has 94 valence electrons. The van der Waals surface area contributed by atoms with Crippen LogP contribution in [0.5, 0.6) is 0 Å². The summed E-state index contributed by atoms with van der Waals surface area (Å²) in [6.07, 6.45) is 5.88. The van der Waals surface area contributed by atoms with Crippen LogP contribution < -0.4 is 0 Å².